The van der Waals surface area contributed by atoms with Crippen LogP contribution < -0.4 is 10.6 Å². The number of nitrogens with zero attached hydrogens (tertiary/aromatic N) is 3. The Kier molecular flexibility index (Phi) is 10.1. The summed E-state index contributed by atoms with van der Waals surface area (Å²) >= 11 is 0. The number of piperidine rings is 1. The van der Waals surface area contributed by atoms with Crippen molar-refractivity contribution in [3.63, 3.8) is 0 Å². The van der Waals surface area contributed by atoms with Crippen LogP contribution in [-0.4, -0.2) is 65.5 Å². The summed E-state index contributed by atoms with van der Waals surface area (Å²) in [7, 11) is 0. The molecule has 2 fully saturated rings. The van der Waals surface area contributed by atoms with Crippen LogP contribution in [0.25, 0.3) is 0 Å². The lowest BCUT2D eigenvalue weighted by Crippen LogP contribution is -2.72. The summed E-state index contributed by atoms with van der Waals surface area (Å²) in [5.41, 5.74) is 1.83. The van der Waals surface area contributed by atoms with Gasteiger partial charge in [-0.1, -0.05) is 49.4 Å². The van der Waals surface area contributed by atoms with Crippen LogP contribution in [-0.2, 0) is 27.5 Å². The first-order chi connectivity index (χ1) is 19.4. The van der Waals surface area contributed by atoms with Gasteiger partial charge in [-0.25, -0.2) is 4.79 Å². The number of unbranched alkanes of at least 4 members (excludes halogenated alkanes) is 1. The van der Waals surface area contributed by atoms with E-state index in [1.165, 1.54) is 0 Å². The number of hydrogen-bond donors (Lipinski definition) is 2. The number of hydrogen-bond acceptors (Lipinski definition) is 6. The van der Waals surface area contributed by atoms with Crippen molar-refractivity contribution in [2.75, 3.05) is 26.2 Å². The summed E-state index contributed by atoms with van der Waals surface area (Å²) in [6.07, 6.45) is 3.40. The fourth-order valence-corrected chi connectivity index (χ4v) is 5.63. The highest BCUT2D eigenvalue weighted by atomic mass is 16.5. The van der Waals surface area contributed by atoms with Gasteiger partial charge in [-0.05, 0) is 61.8 Å². The molecule has 2 aromatic rings. The predicted octanol–water partition coefficient (Wildman–Crippen LogP) is 3.73. The van der Waals surface area contributed by atoms with E-state index in [4.69, 9.17) is 4.74 Å². The van der Waals surface area contributed by atoms with Crippen LogP contribution in [0.4, 0.5) is 4.79 Å². The van der Waals surface area contributed by atoms with Crippen LogP contribution in [0, 0.1) is 11.3 Å². The molecule has 3 amide bonds. The molecule has 2 saturated heterocycles. The van der Waals surface area contributed by atoms with Gasteiger partial charge in [0.15, 0.2) is 0 Å². The van der Waals surface area contributed by atoms with E-state index >= 15 is 0 Å². The first kappa shape index (κ1) is 29.1. The molecule has 0 aromatic heterocycles. The van der Waals surface area contributed by atoms with Crippen molar-refractivity contribution in [1.29, 1.82) is 5.26 Å². The third-order valence-electron chi connectivity index (χ3n) is 7.80. The Morgan fingerprint density at radius 1 is 1.10 bits per heavy atom. The van der Waals surface area contributed by atoms with Crippen LogP contribution in [0.5, 0.6) is 0 Å². The minimum absolute atomic E-state index is 0.00755. The van der Waals surface area contributed by atoms with E-state index in [-0.39, 0.29) is 18.4 Å². The second-order valence-corrected chi connectivity index (χ2v) is 10.6. The lowest BCUT2D eigenvalue weighted by atomic mass is 9.81. The van der Waals surface area contributed by atoms with E-state index in [0.717, 1.165) is 17.5 Å². The number of rotatable bonds is 11. The number of ether oxygens (including phenoxy) is 1. The number of likely N-dealkylation sites (tertiary alicyclic amines) is 1. The molecule has 1 spiro atoms. The van der Waals surface area contributed by atoms with Crippen molar-refractivity contribution in [3.05, 3.63) is 71.3 Å². The van der Waals surface area contributed by atoms with Gasteiger partial charge in [-0.2, -0.15) is 5.26 Å². The zero-order valence-corrected chi connectivity index (χ0v) is 23.2. The standard InChI is InChI=1S/C31H39N5O4/c1-2-17-36-28(37)27(13-6-7-16-33-30(39)40-23-24-9-4-3-5-10-24)34-29(38)31(36)14-18-35(19-15-31)22-26-12-8-11-25(20-26)21-32/h3-5,8-12,20,27H,2,6-7,13-19,22-23H2,1H3,(H,33,39)(H,34,38)/t27-/m0/s1. The lowest BCUT2D eigenvalue weighted by Gasteiger charge is -2.51. The molecule has 2 N–H and O–H groups in total. The van der Waals surface area contributed by atoms with Crippen molar-refractivity contribution in [2.45, 2.75) is 70.2 Å². The molecule has 0 saturated carbocycles. The number of carbonyl (C=O) groups excluding carboxylic acids is 3. The SMILES string of the molecule is CCCN1C(=O)[C@H](CCCCNC(=O)OCc2ccccc2)NC(=O)C12CCN(Cc1cccc(C#N)c1)CC2. The molecular formula is C31H39N5O4. The number of carbonyl (C=O) groups is 3. The fourth-order valence-electron chi connectivity index (χ4n) is 5.63. The topological polar surface area (TPSA) is 115 Å². The molecule has 9 nitrogen and oxygen atoms in total. The first-order valence-electron chi connectivity index (χ1n) is 14.2. The number of amides is 3. The predicted molar refractivity (Wildman–Crippen MR) is 151 cm³/mol. The monoisotopic (exact) mass is 545 g/mol. The zero-order chi connectivity index (χ0) is 28.4. The zero-order valence-electron chi connectivity index (χ0n) is 23.2. The molecule has 40 heavy (non-hydrogen) atoms. The first-order valence-corrected chi connectivity index (χ1v) is 14.2. The summed E-state index contributed by atoms with van der Waals surface area (Å²) in [6, 6.07) is 18.7. The highest BCUT2D eigenvalue weighted by Gasteiger charge is 2.53. The molecular weight excluding hydrogens is 506 g/mol. The summed E-state index contributed by atoms with van der Waals surface area (Å²) in [5, 5.41) is 15.0. The van der Waals surface area contributed by atoms with Crippen molar-refractivity contribution in [1.82, 2.24) is 20.4 Å². The van der Waals surface area contributed by atoms with Gasteiger partial charge in [-0.15, -0.1) is 0 Å². The van der Waals surface area contributed by atoms with Crippen LogP contribution in [0.3, 0.4) is 0 Å². The Labute approximate surface area is 236 Å². The van der Waals surface area contributed by atoms with E-state index in [1.54, 1.807) is 6.07 Å². The van der Waals surface area contributed by atoms with Crippen molar-refractivity contribution < 1.29 is 19.1 Å². The molecule has 9 heteroatoms. The Bertz CT molecular complexity index is 1200. The second-order valence-electron chi connectivity index (χ2n) is 10.6. The van der Waals surface area contributed by atoms with Gasteiger partial charge in [0.1, 0.15) is 18.2 Å². The third kappa shape index (κ3) is 7.19. The van der Waals surface area contributed by atoms with Gasteiger partial charge in [0.05, 0.1) is 11.6 Å². The maximum absolute atomic E-state index is 13.5. The minimum Gasteiger partial charge on any atom is -0.445 e. The highest BCUT2D eigenvalue weighted by molar-refractivity contribution is 6.00. The molecule has 0 aliphatic carbocycles. The molecule has 2 heterocycles. The van der Waals surface area contributed by atoms with Gasteiger partial charge in [0.25, 0.3) is 0 Å². The van der Waals surface area contributed by atoms with E-state index in [1.807, 2.05) is 60.4 Å². The van der Waals surface area contributed by atoms with Gasteiger partial charge in [-0.3, -0.25) is 14.5 Å². The minimum atomic E-state index is -0.807. The molecule has 2 aliphatic rings. The smallest absolute Gasteiger partial charge is 0.407 e. The number of alkyl carbamates (subject to hydrolysis) is 1. The molecule has 212 valence electrons. The Morgan fingerprint density at radius 3 is 2.58 bits per heavy atom. The van der Waals surface area contributed by atoms with E-state index < -0.39 is 17.7 Å². The van der Waals surface area contributed by atoms with Crippen molar-refractivity contribution >= 4 is 17.9 Å². The summed E-state index contributed by atoms with van der Waals surface area (Å²) in [6.45, 7) is 5.37. The van der Waals surface area contributed by atoms with Gasteiger partial charge < -0.3 is 20.3 Å². The van der Waals surface area contributed by atoms with Crippen LogP contribution in [0.1, 0.15) is 62.1 Å². The molecule has 2 aromatic carbocycles. The summed E-state index contributed by atoms with van der Waals surface area (Å²) < 4.78 is 5.23. The molecule has 0 unspecified atom stereocenters. The maximum Gasteiger partial charge on any atom is 0.407 e. The maximum atomic E-state index is 13.5. The van der Waals surface area contributed by atoms with Crippen LogP contribution in [0.2, 0.25) is 0 Å². The molecule has 1 atom stereocenters. The highest BCUT2D eigenvalue weighted by Crippen LogP contribution is 2.34. The summed E-state index contributed by atoms with van der Waals surface area (Å²) in [5.74, 6) is -0.0638. The van der Waals surface area contributed by atoms with Crippen molar-refractivity contribution in [3.8, 4) is 6.07 Å². The average Bonchev–Trinajstić information content (AvgIpc) is 2.98. The quantitative estimate of drug-likeness (QED) is 0.416. The van der Waals surface area contributed by atoms with Crippen molar-refractivity contribution in [2.24, 2.45) is 0 Å². The van der Waals surface area contributed by atoms with Crippen LogP contribution in [0.15, 0.2) is 54.6 Å². The number of nitrogens with one attached hydrogen (secondary N) is 2. The Balaban J connectivity index is 1.24. The normalized spacial score (nSPS) is 18.7. The number of piperazine rings is 1. The largest absolute Gasteiger partial charge is 0.445 e. The average molecular weight is 546 g/mol. The summed E-state index contributed by atoms with van der Waals surface area (Å²) in [4.78, 5) is 43.1. The van der Waals surface area contributed by atoms with E-state index in [0.29, 0.717) is 70.4 Å². The molecule has 0 bridgehead atoms. The Morgan fingerprint density at radius 2 is 1.85 bits per heavy atom. The molecule has 4 rings (SSSR count). The van der Waals surface area contributed by atoms with Gasteiger partial charge >= 0.3 is 6.09 Å². The molecule has 0 radical (unpaired) electrons. The molecule has 2 aliphatic heterocycles. The third-order valence-corrected chi connectivity index (χ3v) is 7.80. The number of nitriles is 1. The van der Waals surface area contributed by atoms with E-state index in [2.05, 4.69) is 21.6 Å². The van der Waals surface area contributed by atoms with E-state index in [9.17, 15) is 19.6 Å². The second kappa shape index (κ2) is 13.9. The fraction of sp³-hybridized carbons (Fsp3) is 0.484. The number of benzene rings is 2. The lowest BCUT2D eigenvalue weighted by molar-refractivity contribution is -0.161. The van der Waals surface area contributed by atoms with Gasteiger partial charge in [0, 0.05) is 32.7 Å². The Hall–Kier alpha value is -3.90. The van der Waals surface area contributed by atoms with Crippen LogP contribution >= 0.6 is 0 Å². The van der Waals surface area contributed by atoms with Gasteiger partial charge in [0.2, 0.25) is 11.8 Å².